The highest BCUT2D eigenvalue weighted by Crippen LogP contribution is 2.02. The molecule has 2 rings (SSSR count). The van der Waals surface area contributed by atoms with Crippen LogP contribution in [0.2, 0.25) is 0 Å². The molecule has 1 heterocycles. The molecule has 0 fully saturated rings. The van der Waals surface area contributed by atoms with Gasteiger partial charge in [-0.25, -0.2) is 9.78 Å². The molecular weight excluding hydrogens is 214 g/mol. The fourth-order valence-electron chi connectivity index (χ4n) is 1.08. The fourth-order valence-corrected chi connectivity index (χ4v) is 1.08. The maximum atomic E-state index is 10.4. The average Bonchev–Trinajstić information content (AvgIpc) is 2.41. The minimum absolute atomic E-state index is 0.0648. The monoisotopic (exact) mass is 225 g/mol. The zero-order valence-corrected chi connectivity index (χ0v) is 9.08. The molecule has 0 saturated carbocycles. The minimum atomic E-state index is -1.05. The Bertz CT molecular complexity index is 489. The fraction of sp³-hybridized carbons (Fsp3) is 0. The van der Waals surface area contributed by atoms with Crippen molar-refractivity contribution in [2.75, 3.05) is 0 Å². The van der Waals surface area contributed by atoms with E-state index in [1.54, 1.807) is 0 Å². The second kappa shape index (κ2) is 6.81. The maximum Gasteiger partial charge on any atom is 0.338 e. The molecule has 0 aliphatic rings. The van der Waals surface area contributed by atoms with E-state index in [9.17, 15) is 4.79 Å². The van der Waals surface area contributed by atoms with Crippen molar-refractivity contribution in [3.05, 3.63) is 66.0 Å². The van der Waals surface area contributed by atoms with E-state index in [0.29, 0.717) is 0 Å². The summed E-state index contributed by atoms with van der Waals surface area (Å²) in [5.74, 6) is 1.14. The van der Waals surface area contributed by atoms with E-state index in [1.165, 1.54) is 18.3 Å². The van der Waals surface area contributed by atoms with Gasteiger partial charge in [-0.05, 0) is 18.1 Å². The third kappa shape index (κ3) is 4.18. The predicted octanol–water partition coefficient (Wildman–Crippen LogP) is 2.45. The number of hydrogen-bond donors (Lipinski definition) is 1. The second-order valence-corrected chi connectivity index (χ2v) is 3.00. The number of nitrogens with zero attached hydrogens (tertiary/aromatic N) is 1. The molecule has 0 aliphatic heterocycles. The van der Waals surface area contributed by atoms with Gasteiger partial charge in [-0.2, -0.15) is 0 Å². The van der Waals surface area contributed by atoms with E-state index in [-0.39, 0.29) is 11.3 Å². The lowest BCUT2D eigenvalue weighted by Crippen LogP contribution is -2.00. The first-order valence-corrected chi connectivity index (χ1v) is 4.90. The van der Waals surface area contributed by atoms with Crippen LogP contribution in [0.15, 0.2) is 54.7 Å². The second-order valence-electron chi connectivity index (χ2n) is 3.00. The van der Waals surface area contributed by atoms with Gasteiger partial charge in [0.15, 0.2) is 0 Å². The van der Waals surface area contributed by atoms with Crippen LogP contribution in [0.5, 0.6) is 0 Å². The zero-order chi connectivity index (χ0) is 12.5. The van der Waals surface area contributed by atoms with Crippen molar-refractivity contribution in [3.63, 3.8) is 0 Å². The molecule has 17 heavy (non-hydrogen) atoms. The molecule has 0 bridgehead atoms. The molecule has 3 heteroatoms. The van der Waals surface area contributed by atoms with Gasteiger partial charge in [-0.1, -0.05) is 36.4 Å². The van der Waals surface area contributed by atoms with Crippen LogP contribution in [0.25, 0.3) is 0 Å². The molecule has 3 nitrogen and oxygen atoms in total. The zero-order valence-electron chi connectivity index (χ0n) is 9.08. The number of aromatic carboxylic acids is 1. The number of carboxylic acids is 1. The molecule has 2 aromatic rings. The van der Waals surface area contributed by atoms with Gasteiger partial charge in [0.25, 0.3) is 0 Å². The summed E-state index contributed by atoms with van der Waals surface area (Å²) in [6.07, 6.45) is 6.47. The Hall–Kier alpha value is -2.60. The number of terminal acetylenes is 1. The van der Waals surface area contributed by atoms with Crippen molar-refractivity contribution in [2.45, 2.75) is 0 Å². The van der Waals surface area contributed by atoms with Crippen molar-refractivity contribution >= 4 is 5.97 Å². The molecule has 0 spiro atoms. The summed E-state index contributed by atoms with van der Waals surface area (Å²) in [5.41, 5.74) is 0.231. The Morgan fingerprint density at radius 3 is 2.00 bits per heavy atom. The van der Waals surface area contributed by atoms with Crippen LogP contribution >= 0.6 is 0 Å². The Kier molecular flexibility index (Phi) is 4.99. The van der Waals surface area contributed by atoms with Gasteiger partial charge in [-0.3, -0.25) is 0 Å². The van der Waals surface area contributed by atoms with Crippen molar-refractivity contribution in [3.8, 4) is 12.3 Å². The van der Waals surface area contributed by atoms with E-state index in [0.717, 1.165) is 0 Å². The topological polar surface area (TPSA) is 50.2 Å². The first kappa shape index (κ1) is 12.5. The van der Waals surface area contributed by atoms with Crippen molar-refractivity contribution in [2.24, 2.45) is 0 Å². The Balaban J connectivity index is 0.000000202. The smallest absolute Gasteiger partial charge is 0.338 e. The average molecular weight is 225 g/mol. The number of rotatable bonds is 1. The van der Waals surface area contributed by atoms with Crippen LogP contribution in [-0.4, -0.2) is 16.1 Å². The highest BCUT2D eigenvalue weighted by molar-refractivity contribution is 5.89. The molecule has 1 aromatic carbocycles. The maximum absolute atomic E-state index is 10.4. The Morgan fingerprint density at radius 2 is 1.65 bits per heavy atom. The van der Waals surface area contributed by atoms with Crippen LogP contribution in [0.4, 0.5) is 0 Å². The molecule has 0 amide bonds. The third-order valence-electron chi connectivity index (χ3n) is 1.84. The lowest BCUT2D eigenvalue weighted by molar-refractivity contribution is 0.0696. The summed E-state index contributed by atoms with van der Waals surface area (Å²) in [6.45, 7) is 0. The summed E-state index contributed by atoms with van der Waals surface area (Å²) >= 11 is 0. The SMILES string of the molecule is C#Cc1ncccc1C(=O)O.c1ccccc1. The molecule has 0 radical (unpaired) electrons. The van der Waals surface area contributed by atoms with Gasteiger partial charge in [0.1, 0.15) is 5.69 Å². The van der Waals surface area contributed by atoms with Gasteiger partial charge in [0, 0.05) is 6.20 Å². The Labute approximate surface area is 99.8 Å². The van der Waals surface area contributed by atoms with E-state index in [4.69, 9.17) is 11.5 Å². The van der Waals surface area contributed by atoms with E-state index in [2.05, 4.69) is 10.9 Å². The number of carboxylic acid groups (broad SMARTS) is 1. The largest absolute Gasteiger partial charge is 0.478 e. The molecule has 0 atom stereocenters. The first-order valence-electron chi connectivity index (χ1n) is 4.90. The Morgan fingerprint density at radius 1 is 1.12 bits per heavy atom. The highest BCUT2D eigenvalue weighted by atomic mass is 16.4. The molecule has 0 aliphatic carbocycles. The van der Waals surface area contributed by atoms with Crippen LogP contribution in [-0.2, 0) is 0 Å². The van der Waals surface area contributed by atoms with Gasteiger partial charge in [0.2, 0.25) is 0 Å². The van der Waals surface area contributed by atoms with Crippen molar-refractivity contribution < 1.29 is 9.90 Å². The van der Waals surface area contributed by atoms with Crippen LogP contribution < -0.4 is 0 Å². The molecule has 1 N–H and O–H groups in total. The van der Waals surface area contributed by atoms with Gasteiger partial charge in [-0.15, -0.1) is 6.42 Å². The molecule has 0 saturated heterocycles. The van der Waals surface area contributed by atoms with Gasteiger partial charge in [0.05, 0.1) is 5.56 Å². The van der Waals surface area contributed by atoms with E-state index in [1.807, 2.05) is 36.4 Å². The van der Waals surface area contributed by atoms with Crippen molar-refractivity contribution in [1.82, 2.24) is 4.98 Å². The normalized spacial score (nSPS) is 8.41. The quantitative estimate of drug-likeness (QED) is 0.758. The van der Waals surface area contributed by atoms with Crippen LogP contribution in [0, 0.1) is 12.3 Å². The summed E-state index contributed by atoms with van der Waals surface area (Å²) in [7, 11) is 0. The molecular formula is C14H11NO2. The standard InChI is InChI=1S/C8H5NO2.C6H6/c1-2-7-6(8(10)11)4-3-5-9-7;1-2-4-6-5-3-1/h1,3-5H,(H,10,11);1-6H. The first-order chi connectivity index (χ1) is 8.25. The van der Waals surface area contributed by atoms with Crippen LogP contribution in [0.3, 0.4) is 0 Å². The molecule has 1 aromatic heterocycles. The minimum Gasteiger partial charge on any atom is -0.478 e. The number of benzene rings is 1. The van der Waals surface area contributed by atoms with Crippen molar-refractivity contribution in [1.29, 1.82) is 0 Å². The van der Waals surface area contributed by atoms with Crippen LogP contribution in [0.1, 0.15) is 16.1 Å². The van der Waals surface area contributed by atoms with E-state index >= 15 is 0 Å². The lowest BCUT2D eigenvalue weighted by Gasteiger charge is -1.94. The third-order valence-corrected chi connectivity index (χ3v) is 1.84. The number of pyridine rings is 1. The lowest BCUT2D eigenvalue weighted by atomic mass is 10.2. The summed E-state index contributed by atoms with van der Waals surface area (Å²) < 4.78 is 0. The van der Waals surface area contributed by atoms with E-state index < -0.39 is 5.97 Å². The number of carbonyl (C=O) groups is 1. The molecule has 84 valence electrons. The number of hydrogen-bond acceptors (Lipinski definition) is 2. The van der Waals surface area contributed by atoms with Gasteiger partial charge < -0.3 is 5.11 Å². The predicted molar refractivity (Wildman–Crippen MR) is 65.6 cm³/mol. The van der Waals surface area contributed by atoms with Gasteiger partial charge >= 0.3 is 5.97 Å². The molecule has 0 unspecified atom stereocenters. The highest BCUT2D eigenvalue weighted by Gasteiger charge is 2.06. The summed E-state index contributed by atoms with van der Waals surface area (Å²) in [6, 6.07) is 15.0. The summed E-state index contributed by atoms with van der Waals surface area (Å²) in [5, 5.41) is 8.56. The summed E-state index contributed by atoms with van der Waals surface area (Å²) in [4.78, 5) is 14.1. The number of aromatic nitrogens is 1.